The van der Waals surface area contributed by atoms with Gasteiger partial charge in [-0.1, -0.05) is 62.4 Å². The second-order valence-corrected chi connectivity index (χ2v) is 9.42. The summed E-state index contributed by atoms with van der Waals surface area (Å²) in [6.45, 7) is 7.24. The van der Waals surface area contributed by atoms with Gasteiger partial charge in [0.1, 0.15) is 12.6 Å². The molecule has 0 radical (unpaired) electrons. The third kappa shape index (κ3) is 5.53. The van der Waals surface area contributed by atoms with Crippen molar-refractivity contribution < 1.29 is 24.2 Å². The van der Waals surface area contributed by atoms with Gasteiger partial charge in [-0.2, -0.15) is 0 Å². The number of benzene rings is 2. The van der Waals surface area contributed by atoms with Crippen LogP contribution in [0.1, 0.15) is 51.2 Å². The van der Waals surface area contributed by atoms with Crippen molar-refractivity contribution in [3.8, 4) is 11.1 Å². The molecular formula is C26H32N2O5. The smallest absolute Gasteiger partial charge is 0.407 e. The molecule has 0 fully saturated rings. The van der Waals surface area contributed by atoms with Crippen LogP contribution in [0.25, 0.3) is 11.1 Å². The summed E-state index contributed by atoms with van der Waals surface area (Å²) in [5.74, 6) is -1.51. The average Bonchev–Trinajstić information content (AvgIpc) is 3.09. The second kappa shape index (κ2) is 10.1. The number of aliphatic carboxylic acids is 1. The van der Waals surface area contributed by atoms with E-state index in [1.807, 2.05) is 50.2 Å². The summed E-state index contributed by atoms with van der Waals surface area (Å²) in [7, 11) is 0. The van der Waals surface area contributed by atoms with Gasteiger partial charge in [0, 0.05) is 12.5 Å². The molecule has 0 spiro atoms. The molecule has 1 unspecified atom stereocenters. The number of carboxylic acid groups (broad SMARTS) is 1. The lowest BCUT2D eigenvalue weighted by atomic mass is 9.89. The Hall–Kier alpha value is -3.35. The van der Waals surface area contributed by atoms with Gasteiger partial charge in [0.15, 0.2) is 0 Å². The molecule has 1 aliphatic carbocycles. The molecule has 2 amide bonds. The SMILES string of the molecule is CC(C)C(NC(=O)OCC1c2ccccc2-c2ccccc21)C(=O)NCCC(C)(C)C(=O)O. The van der Waals surface area contributed by atoms with Crippen LogP contribution in [0.5, 0.6) is 0 Å². The monoisotopic (exact) mass is 452 g/mol. The quantitative estimate of drug-likeness (QED) is 0.530. The van der Waals surface area contributed by atoms with E-state index in [4.69, 9.17) is 4.74 Å². The van der Waals surface area contributed by atoms with Crippen LogP contribution < -0.4 is 10.6 Å². The summed E-state index contributed by atoms with van der Waals surface area (Å²) in [5.41, 5.74) is 3.58. The lowest BCUT2D eigenvalue weighted by Gasteiger charge is -2.24. The first-order chi connectivity index (χ1) is 15.6. The van der Waals surface area contributed by atoms with Gasteiger partial charge in [-0.3, -0.25) is 9.59 Å². The zero-order chi connectivity index (χ0) is 24.2. The van der Waals surface area contributed by atoms with Crippen molar-refractivity contribution in [1.29, 1.82) is 0 Å². The van der Waals surface area contributed by atoms with Crippen LogP contribution in [0.2, 0.25) is 0 Å². The van der Waals surface area contributed by atoms with Gasteiger partial charge in [-0.15, -0.1) is 0 Å². The number of nitrogens with one attached hydrogen (secondary N) is 2. The number of hydrogen-bond donors (Lipinski definition) is 3. The Morgan fingerprint density at radius 3 is 2.06 bits per heavy atom. The second-order valence-electron chi connectivity index (χ2n) is 9.42. The van der Waals surface area contributed by atoms with E-state index in [2.05, 4.69) is 22.8 Å². The van der Waals surface area contributed by atoms with Crippen molar-refractivity contribution in [2.75, 3.05) is 13.2 Å². The molecule has 0 heterocycles. The number of carboxylic acids is 1. The minimum atomic E-state index is -0.944. The van der Waals surface area contributed by atoms with E-state index in [9.17, 15) is 19.5 Å². The Kier molecular flexibility index (Phi) is 7.41. The third-order valence-corrected chi connectivity index (χ3v) is 6.19. The van der Waals surface area contributed by atoms with Gasteiger partial charge in [0.25, 0.3) is 0 Å². The minimum Gasteiger partial charge on any atom is -0.481 e. The molecule has 1 atom stereocenters. The third-order valence-electron chi connectivity index (χ3n) is 6.19. The number of fused-ring (bicyclic) bond motifs is 3. The van der Waals surface area contributed by atoms with E-state index in [-0.39, 0.29) is 37.3 Å². The summed E-state index contributed by atoms with van der Waals surface area (Å²) in [5, 5.41) is 14.6. The van der Waals surface area contributed by atoms with Crippen LogP contribution in [0, 0.1) is 11.3 Å². The first kappa shape index (κ1) is 24.3. The van der Waals surface area contributed by atoms with Gasteiger partial charge in [-0.25, -0.2) is 4.79 Å². The normalized spacial score (nSPS) is 13.7. The summed E-state index contributed by atoms with van der Waals surface area (Å²) in [4.78, 5) is 36.4. The average molecular weight is 453 g/mol. The van der Waals surface area contributed by atoms with E-state index in [1.165, 1.54) is 0 Å². The Labute approximate surface area is 194 Å². The maximum atomic E-state index is 12.6. The van der Waals surface area contributed by atoms with Crippen molar-refractivity contribution in [3.05, 3.63) is 59.7 Å². The van der Waals surface area contributed by atoms with Crippen LogP contribution in [0.15, 0.2) is 48.5 Å². The number of ether oxygens (including phenoxy) is 1. The van der Waals surface area contributed by atoms with E-state index < -0.39 is 23.5 Å². The van der Waals surface area contributed by atoms with Crippen LogP contribution in [-0.2, 0) is 14.3 Å². The topological polar surface area (TPSA) is 105 Å². The maximum Gasteiger partial charge on any atom is 0.407 e. The van der Waals surface area contributed by atoms with Gasteiger partial charge in [-0.05, 0) is 48.4 Å². The van der Waals surface area contributed by atoms with E-state index in [0.717, 1.165) is 22.3 Å². The fraction of sp³-hybridized carbons (Fsp3) is 0.423. The molecule has 0 aromatic heterocycles. The van der Waals surface area contributed by atoms with Crippen LogP contribution in [0.3, 0.4) is 0 Å². The summed E-state index contributed by atoms with van der Waals surface area (Å²) in [6.07, 6.45) is -0.374. The number of alkyl carbamates (subject to hydrolysis) is 1. The van der Waals surface area contributed by atoms with Crippen LogP contribution in [0.4, 0.5) is 4.79 Å². The number of carbonyl (C=O) groups is 3. The Morgan fingerprint density at radius 2 is 1.55 bits per heavy atom. The van der Waals surface area contributed by atoms with Crippen molar-refractivity contribution in [3.63, 3.8) is 0 Å². The lowest BCUT2D eigenvalue weighted by Crippen LogP contribution is -2.50. The largest absolute Gasteiger partial charge is 0.481 e. The highest BCUT2D eigenvalue weighted by atomic mass is 16.5. The molecule has 33 heavy (non-hydrogen) atoms. The lowest BCUT2D eigenvalue weighted by molar-refractivity contribution is -0.147. The predicted octanol–water partition coefficient (Wildman–Crippen LogP) is 4.17. The zero-order valence-corrected chi connectivity index (χ0v) is 19.6. The highest BCUT2D eigenvalue weighted by molar-refractivity contribution is 5.86. The Balaban J connectivity index is 1.59. The molecular weight excluding hydrogens is 420 g/mol. The van der Waals surface area contributed by atoms with E-state index in [1.54, 1.807) is 13.8 Å². The van der Waals surface area contributed by atoms with Crippen LogP contribution >= 0.6 is 0 Å². The molecule has 0 aliphatic heterocycles. The standard InChI is InChI=1S/C26H32N2O5/c1-16(2)22(23(29)27-14-13-26(3,4)24(30)31)28-25(32)33-15-21-19-11-7-5-9-17(19)18-10-6-8-12-20(18)21/h5-12,16,21-22H,13-15H2,1-4H3,(H,27,29)(H,28,32)(H,30,31). The summed E-state index contributed by atoms with van der Waals surface area (Å²) in [6, 6.07) is 15.4. The number of hydrogen-bond acceptors (Lipinski definition) is 4. The minimum absolute atomic E-state index is 0.0623. The summed E-state index contributed by atoms with van der Waals surface area (Å²) < 4.78 is 5.55. The van der Waals surface area contributed by atoms with Gasteiger partial charge < -0.3 is 20.5 Å². The summed E-state index contributed by atoms with van der Waals surface area (Å²) >= 11 is 0. The van der Waals surface area contributed by atoms with Crippen molar-refractivity contribution in [2.45, 2.75) is 46.1 Å². The highest BCUT2D eigenvalue weighted by Crippen LogP contribution is 2.44. The van der Waals surface area contributed by atoms with Crippen molar-refractivity contribution in [1.82, 2.24) is 10.6 Å². The van der Waals surface area contributed by atoms with Gasteiger partial charge >= 0.3 is 12.1 Å². The maximum absolute atomic E-state index is 12.6. The van der Waals surface area contributed by atoms with Crippen molar-refractivity contribution >= 4 is 18.0 Å². The molecule has 176 valence electrons. The molecule has 1 aliphatic rings. The molecule has 0 saturated heterocycles. The number of carbonyl (C=O) groups excluding carboxylic acids is 2. The zero-order valence-electron chi connectivity index (χ0n) is 19.6. The number of amides is 2. The van der Waals surface area contributed by atoms with E-state index in [0.29, 0.717) is 0 Å². The first-order valence-corrected chi connectivity index (χ1v) is 11.2. The molecule has 7 heteroatoms. The Bertz CT molecular complexity index is 985. The van der Waals surface area contributed by atoms with Crippen LogP contribution in [-0.4, -0.2) is 42.3 Å². The first-order valence-electron chi connectivity index (χ1n) is 11.2. The molecule has 0 saturated carbocycles. The van der Waals surface area contributed by atoms with Gasteiger partial charge in [0.2, 0.25) is 5.91 Å². The molecule has 3 N–H and O–H groups in total. The van der Waals surface area contributed by atoms with Gasteiger partial charge in [0.05, 0.1) is 5.41 Å². The van der Waals surface area contributed by atoms with E-state index >= 15 is 0 Å². The molecule has 0 bridgehead atoms. The fourth-order valence-corrected chi connectivity index (χ4v) is 4.02. The molecule has 2 aromatic carbocycles. The fourth-order valence-electron chi connectivity index (χ4n) is 4.02. The predicted molar refractivity (Wildman–Crippen MR) is 126 cm³/mol. The number of rotatable bonds is 9. The Morgan fingerprint density at radius 1 is 1.00 bits per heavy atom. The highest BCUT2D eigenvalue weighted by Gasteiger charge is 2.31. The molecule has 7 nitrogen and oxygen atoms in total. The molecule has 2 aromatic rings. The molecule has 3 rings (SSSR count). The van der Waals surface area contributed by atoms with Crippen molar-refractivity contribution in [2.24, 2.45) is 11.3 Å².